The number of fused-ring (bicyclic) bond motifs is 3. The van der Waals surface area contributed by atoms with Crippen LogP contribution in [-0.2, 0) is 21.2 Å². The average molecular weight is 498 g/mol. The van der Waals surface area contributed by atoms with E-state index in [1.54, 1.807) is 37.4 Å². The minimum absolute atomic E-state index is 0.000886. The van der Waals surface area contributed by atoms with Crippen LogP contribution in [0.25, 0.3) is 0 Å². The SMILES string of the molecule is COc1ccc2c(c1)CCC1NC(NC(=O)C3CCC(CNS(=O)(=O)c4ccccc4)CC3)CC21. The predicted molar refractivity (Wildman–Crippen MR) is 135 cm³/mol. The van der Waals surface area contributed by atoms with Gasteiger partial charge in [-0.05, 0) is 86.3 Å². The molecule has 3 aliphatic rings. The third-order valence-electron chi connectivity index (χ3n) is 8.01. The van der Waals surface area contributed by atoms with Crippen molar-refractivity contribution < 1.29 is 17.9 Å². The molecule has 8 heteroatoms. The molecule has 3 unspecified atom stereocenters. The van der Waals surface area contributed by atoms with Crippen molar-refractivity contribution in [3.8, 4) is 5.75 Å². The highest BCUT2D eigenvalue weighted by Gasteiger charge is 2.39. The van der Waals surface area contributed by atoms with Crippen LogP contribution in [0.1, 0.15) is 55.6 Å². The van der Waals surface area contributed by atoms with Crippen LogP contribution in [0.3, 0.4) is 0 Å². The highest BCUT2D eigenvalue weighted by molar-refractivity contribution is 7.89. The van der Waals surface area contributed by atoms with Gasteiger partial charge in [-0.15, -0.1) is 0 Å². The van der Waals surface area contributed by atoms with Gasteiger partial charge in [0, 0.05) is 24.4 Å². The zero-order chi connectivity index (χ0) is 24.4. The van der Waals surface area contributed by atoms with Crippen LogP contribution in [0.4, 0.5) is 0 Å². The lowest BCUT2D eigenvalue weighted by atomic mass is 9.79. The summed E-state index contributed by atoms with van der Waals surface area (Å²) in [5.74, 6) is 1.71. The molecule has 0 spiro atoms. The Balaban J connectivity index is 1.09. The van der Waals surface area contributed by atoms with Gasteiger partial charge in [-0.25, -0.2) is 13.1 Å². The molecule has 188 valence electrons. The topological polar surface area (TPSA) is 96.5 Å². The van der Waals surface area contributed by atoms with E-state index in [0.29, 0.717) is 23.4 Å². The standard InChI is InChI=1S/C27H35N3O4S/c1-34-21-12-13-23-20(15-21)11-14-25-24(23)16-26(29-25)30-27(31)19-9-7-18(8-10-19)17-28-35(32,33)22-5-3-2-4-6-22/h2-6,12-13,15,18-19,24-26,28-29H,7-11,14,16-17H2,1H3,(H,30,31). The maximum absolute atomic E-state index is 13.0. The zero-order valence-corrected chi connectivity index (χ0v) is 21.0. The first-order chi connectivity index (χ1) is 16.9. The van der Waals surface area contributed by atoms with E-state index >= 15 is 0 Å². The number of amides is 1. The molecule has 3 N–H and O–H groups in total. The Bertz CT molecular complexity index is 1150. The highest BCUT2D eigenvalue weighted by Crippen LogP contribution is 2.40. The molecule has 7 nitrogen and oxygen atoms in total. The monoisotopic (exact) mass is 497 g/mol. The lowest BCUT2D eigenvalue weighted by molar-refractivity contribution is -0.127. The molecule has 2 aliphatic carbocycles. The minimum atomic E-state index is -3.49. The smallest absolute Gasteiger partial charge is 0.240 e. The third kappa shape index (κ3) is 5.39. The van der Waals surface area contributed by atoms with Gasteiger partial charge in [-0.1, -0.05) is 24.3 Å². The fourth-order valence-corrected chi connectivity index (χ4v) is 7.15. The van der Waals surface area contributed by atoms with Gasteiger partial charge >= 0.3 is 0 Å². The lowest BCUT2D eigenvalue weighted by Crippen LogP contribution is -2.47. The molecule has 5 rings (SSSR count). The summed E-state index contributed by atoms with van der Waals surface area (Å²) in [5.41, 5.74) is 2.74. The molecule has 2 fully saturated rings. The molecule has 2 aromatic carbocycles. The minimum Gasteiger partial charge on any atom is -0.497 e. The number of hydrogen-bond acceptors (Lipinski definition) is 5. The Morgan fingerprint density at radius 2 is 1.83 bits per heavy atom. The van der Waals surface area contributed by atoms with Crippen LogP contribution in [0.5, 0.6) is 5.75 Å². The summed E-state index contributed by atoms with van der Waals surface area (Å²) in [6.07, 6.45) is 6.31. The van der Waals surface area contributed by atoms with Crippen molar-refractivity contribution in [2.75, 3.05) is 13.7 Å². The van der Waals surface area contributed by atoms with E-state index in [1.165, 1.54) is 11.1 Å². The predicted octanol–water partition coefficient (Wildman–Crippen LogP) is 3.31. The molecule has 0 bridgehead atoms. The van der Waals surface area contributed by atoms with Crippen molar-refractivity contribution in [2.45, 2.75) is 68.0 Å². The molecule has 1 amide bonds. The Morgan fingerprint density at radius 1 is 1.06 bits per heavy atom. The summed E-state index contributed by atoms with van der Waals surface area (Å²) < 4.78 is 33.1. The molecule has 0 aromatic heterocycles. The van der Waals surface area contributed by atoms with Crippen LogP contribution in [0, 0.1) is 11.8 Å². The number of nitrogens with one attached hydrogen (secondary N) is 3. The molecule has 35 heavy (non-hydrogen) atoms. The van der Waals surface area contributed by atoms with Gasteiger partial charge in [0.2, 0.25) is 15.9 Å². The number of benzene rings is 2. The molecule has 1 aliphatic heterocycles. The normalized spacial score (nSPS) is 28.1. The van der Waals surface area contributed by atoms with E-state index in [2.05, 4.69) is 27.5 Å². The van der Waals surface area contributed by atoms with Crippen LogP contribution >= 0.6 is 0 Å². The Morgan fingerprint density at radius 3 is 2.57 bits per heavy atom. The number of ether oxygens (including phenoxy) is 1. The maximum Gasteiger partial charge on any atom is 0.240 e. The van der Waals surface area contributed by atoms with Gasteiger partial charge < -0.3 is 10.1 Å². The van der Waals surface area contributed by atoms with Crippen LogP contribution in [0.2, 0.25) is 0 Å². The summed E-state index contributed by atoms with van der Waals surface area (Å²) in [6.45, 7) is 0.420. The highest BCUT2D eigenvalue weighted by atomic mass is 32.2. The first-order valence-electron chi connectivity index (χ1n) is 12.7. The summed E-state index contributed by atoms with van der Waals surface area (Å²) in [7, 11) is -1.78. The van der Waals surface area contributed by atoms with E-state index in [0.717, 1.165) is 50.7 Å². The van der Waals surface area contributed by atoms with Gasteiger partial charge in [-0.2, -0.15) is 0 Å². The first kappa shape index (κ1) is 24.3. The number of hydrogen-bond donors (Lipinski definition) is 3. The molecular weight excluding hydrogens is 462 g/mol. The molecular formula is C27H35N3O4S. The second kappa shape index (κ2) is 10.3. The summed E-state index contributed by atoms with van der Waals surface area (Å²) >= 11 is 0. The second-order valence-corrected chi connectivity index (χ2v) is 11.9. The molecule has 1 saturated heterocycles. The van der Waals surface area contributed by atoms with Crippen molar-refractivity contribution in [3.63, 3.8) is 0 Å². The first-order valence-corrected chi connectivity index (χ1v) is 14.2. The van der Waals surface area contributed by atoms with Crippen molar-refractivity contribution in [1.82, 2.24) is 15.4 Å². The number of methoxy groups -OCH3 is 1. The van der Waals surface area contributed by atoms with Gasteiger partial charge in [0.25, 0.3) is 0 Å². The van der Waals surface area contributed by atoms with Crippen LogP contribution in [0.15, 0.2) is 53.4 Å². The van der Waals surface area contributed by atoms with Crippen LogP contribution in [-0.4, -0.2) is 40.2 Å². The number of carbonyl (C=O) groups is 1. The zero-order valence-electron chi connectivity index (χ0n) is 20.2. The van der Waals surface area contributed by atoms with Crippen molar-refractivity contribution >= 4 is 15.9 Å². The van der Waals surface area contributed by atoms with Gasteiger partial charge in [0.15, 0.2) is 0 Å². The lowest BCUT2D eigenvalue weighted by Gasteiger charge is -2.29. The molecule has 3 atom stereocenters. The molecule has 0 radical (unpaired) electrons. The van der Waals surface area contributed by atoms with E-state index in [4.69, 9.17) is 4.74 Å². The van der Waals surface area contributed by atoms with Gasteiger partial charge in [0.1, 0.15) is 5.75 Å². The van der Waals surface area contributed by atoms with Crippen LogP contribution < -0.4 is 20.1 Å². The third-order valence-corrected chi connectivity index (χ3v) is 9.45. The van der Waals surface area contributed by atoms with Crippen molar-refractivity contribution in [3.05, 3.63) is 59.7 Å². The summed E-state index contributed by atoms with van der Waals surface area (Å²) in [5, 5.41) is 6.92. The molecule has 2 aromatic rings. The van der Waals surface area contributed by atoms with E-state index in [-0.39, 0.29) is 23.9 Å². The summed E-state index contributed by atoms with van der Waals surface area (Å²) in [6, 6.07) is 15.2. The van der Waals surface area contributed by atoms with Gasteiger partial charge in [-0.3, -0.25) is 10.1 Å². The fourth-order valence-electron chi connectivity index (χ4n) is 6.02. The fraction of sp³-hybridized carbons (Fsp3) is 0.519. The average Bonchev–Trinajstić information content (AvgIpc) is 3.31. The van der Waals surface area contributed by atoms with Crippen molar-refractivity contribution in [1.29, 1.82) is 0 Å². The molecule has 1 saturated carbocycles. The molecule has 1 heterocycles. The largest absolute Gasteiger partial charge is 0.497 e. The Labute approximate surface area is 208 Å². The number of aryl methyl sites for hydroxylation is 1. The van der Waals surface area contributed by atoms with Crippen molar-refractivity contribution in [2.24, 2.45) is 11.8 Å². The summed E-state index contributed by atoms with van der Waals surface area (Å²) in [4.78, 5) is 13.3. The number of rotatable bonds is 7. The van der Waals surface area contributed by atoms with Gasteiger partial charge in [0.05, 0.1) is 18.2 Å². The quantitative estimate of drug-likeness (QED) is 0.545. The Kier molecular flexibility index (Phi) is 7.14. The van der Waals surface area contributed by atoms with E-state index in [1.807, 2.05) is 6.07 Å². The number of carbonyl (C=O) groups excluding carboxylic acids is 1. The van der Waals surface area contributed by atoms with E-state index < -0.39 is 10.0 Å². The van der Waals surface area contributed by atoms with E-state index in [9.17, 15) is 13.2 Å². The number of sulfonamides is 1. The maximum atomic E-state index is 13.0. The second-order valence-electron chi connectivity index (χ2n) is 10.2. The Hall–Kier alpha value is -2.42.